The maximum absolute atomic E-state index is 13.2. The SMILES string of the molecule is O=S(=O)(NCc1cccc(C2=NOC(O)(C(F)(F)F)C2)c1)c1cccc(F)c1. The molecule has 0 bridgehead atoms. The number of nitrogens with one attached hydrogen (secondary N) is 1. The monoisotopic (exact) mass is 418 g/mol. The topological polar surface area (TPSA) is 88.0 Å². The van der Waals surface area contributed by atoms with Crippen molar-refractivity contribution in [2.75, 3.05) is 0 Å². The van der Waals surface area contributed by atoms with Crippen LogP contribution in [0.15, 0.2) is 58.6 Å². The number of sulfonamides is 1. The Labute approximate surface area is 157 Å². The molecule has 0 saturated heterocycles. The summed E-state index contributed by atoms with van der Waals surface area (Å²) in [5, 5.41) is 12.8. The molecule has 28 heavy (non-hydrogen) atoms. The zero-order chi connectivity index (χ0) is 20.6. The molecule has 150 valence electrons. The number of aliphatic hydroxyl groups is 1. The van der Waals surface area contributed by atoms with Crippen molar-refractivity contribution >= 4 is 15.7 Å². The van der Waals surface area contributed by atoms with E-state index in [0.29, 0.717) is 5.56 Å². The summed E-state index contributed by atoms with van der Waals surface area (Å²) in [4.78, 5) is 3.91. The van der Waals surface area contributed by atoms with Crippen LogP contribution in [0.25, 0.3) is 0 Å². The quantitative estimate of drug-likeness (QED) is 0.731. The van der Waals surface area contributed by atoms with Crippen LogP contribution in [-0.2, 0) is 21.4 Å². The Balaban J connectivity index is 1.73. The number of benzene rings is 2. The number of nitrogens with zero attached hydrogens (tertiary/aromatic N) is 1. The third-order valence-corrected chi connectivity index (χ3v) is 5.39. The first-order valence-corrected chi connectivity index (χ1v) is 9.37. The molecule has 0 saturated carbocycles. The highest BCUT2D eigenvalue weighted by atomic mass is 32.2. The van der Waals surface area contributed by atoms with Crippen molar-refractivity contribution in [3.63, 3.8) is 0 Å². The molecule has 2 aromatic rings. The Morgan fingerprint density at radius 3 is 2.54 bits per heavy atom. The molecule has 1 unspecified atom stereocenters. The van der Waals surface area contributed by atoms with Gasteiger partial charge in [0.25, 0.3) is 0 Å². The van der Waals surface area contributed by atoms with Crippen LogP contribution in [0.1, 0.15) is 17.5 Å². The minimum absolute atomic E-state index is 0.130. The Morgan fingerprint density at radius 2 is 1.89 bits per heavy atom. The number of oxime groups is 1. The van der Waals surface area contributed by atoms with Gasteiger partial charge in [0.2, 0.25) is 10.0 Å². The molecule has 0 aromatic heterocycles. The van der Waals surface area contributed by atoms with Gasteiger partial charge in [0, 0.05) is 6.54 Å². The predicted octanol–water partition coefficient (Wildman–Crippen LogP) is 2.68. The predicted molar refractivity (Wildman–Crippen MR) is 90.1 cm³/mol. The van der Waals surface area contributed by atoms with Gasteiger partial charge in [0.15, 0.2) is 0 Å². The lowest BCUT2D eigenvalue weighted by Gasteiger charge is -2.22. The summed E-state index contributed by atoms with van der Waals surface area (Å²) in [5.41, 5.74) is 0.528. The van der Waals surface area contributed by atoms with Gasteiger partial charge in [-0.05, 0) is 35.4 Å². The van der Waals surface area contributed by atoms with Crippen molar-refractivity contribution < 1.29 is 35.9 Å². The molecule has 1 heterocycles. The van der Waals surface area contributed by atoms with Crippen LogP contribution in [0.5, 0.6) is 0 Å². The fourth-order valence-electron chi connectivity index (χ4n) is 2.49. The van der Waals surface area contributed by atoms with Crippen LogP contribution in [0.3, 0.4) is 0 Å². The molecule has 11 heteroatoms. The van der Waals surface area contributed by atoms with E-state index in [1.807, 2.05) is 0 Å². The minimum atomic E-state index is -5.02. The molecular formula is C17H14F4N2O4S. The van der Waals surface area contributed by atoms with Gasteiger partial charge in [-0.1, -0.05) is 29.4 Å². The molecule has 1 aliphatic rings. The molecule has 2 aromatic carbocycles. The fraction of sp³-hybridized carbons (Fsp3) is 0.235. The molecule has 0 aliphatic carbocycles. The third-order valence-electron chi connectivity index (χ3n) is 3.99. The normalized spacial score (nSPS) is 20.0. The smallest absolute Gasteiger partial charge is 0.350 e. The Morgan fingerprint density at radius 1 is 1.18 bits per heavy atom. The molecule has 2 N–H and O–H groups in total. The third kappa shape index (κ3) is 4.16. The summed E-state index contributed by atoms with van der Waals surface area (Å²) in [6.45, 7) is -0.190. The Kier molecular flexibility index (Phi) is 5.17. The molecule has 3 rings (SSSR count). The summed E-state index contributed by atoms with van der Waals surface area (Å²) in [6.07, 6.45) is -5.91. The number of halogens is 4. The van der Waals surface area contributed by atoms with E-state index in [0.717, 1.165) is 12.1 Å². The van der Waals surface area contributed by atoms with Gasteiger partial charge in [-0.3, -0.25) is 0 Å². The lowest BCUT2D eigenvalue weighted by Crippen LogP contribution is -2.45. The van der Waals surface area contributed by atoms with E-state index in [2.05, 4.69) is 14.7 Å². The number of hydrogen-bond donors (Lipinski definition) is 2. The highest BCUT2D eigenvalue weighted by molar-refractivity contribution is 7.89. The summed E-state index contributed by atoms with van der Waals surface area (Å²) in [5.74, 6) is -4.10. The Hall–Kier alpha value is -2.50. The number of rotatable bonds is 5. The molecule has 0 spiro atoms. The van der Waals surface area contributed by atoms with Crippen molar-refractivity contribution in [1.82, 2.24) is 4.72 Å². The highest BCUT2D eigenvalue weighted by Gasteiger charge is 2.60. The second-order valence-corrected chi connectivity index (χ2v) is 7.84. The lowest BCUT2D eigenvalue weighted by molar-refractivity contribution is -0.355. The average molecular weight is 418 g/mol. The zero-order valence-corrected chi connectivity index (χ0v) is 14.9. The summed E-state index contributed by atoms with van der Waals surface area (Å²) in [7, 11) is -3.98. The van der Waals surface area contributed by atoms with Crippen molar-refractivity contribution in [1.29, 1.82) is 0 Å². The van der Waals surface area contributed by atoms with Crippen molar-refractivity contribution in [2.45, 2.75) is 29.8 Å². The van der Waals surface area contributed by atoms with Crippen LogP contribution in [0.2, 0.25) is 0 Å². The van der Waals surface area contributed by atoms with Gasteiger partial charge in [-0.2, -0.15) is 13.2 Å². The number of hydrogen-bond acceptors (Lipinski definition) is 5. The van der Waals surface area contributed by atoms with E-state index < -0.39 is 34.2 Å². The first kappa shape index (κ1) is 20.2. The zero-order valence-electron chi connectivity index (χ0n) is 14.1. The molecule has 0 radical (unpaired) electrons. The fourth-order valence-corrected chi connectivity index (χ4v) is 3.53. The summed E-state index contributed by atoms with van der Waals surface area (Å²) >= 11 is 0. The van der Waals surface area contributed by atoms with E-state index in [1.54, 1.807) is 6.07 Å². The van der Waals surface area contributed by atoms with Gasteiger partial charge in [-0.15, -0.1) is 0 Å². The largest absolute Gasteiger partial charge is 0.458 e. The standard InChI is InChI=1S/C17H14F4N2O4S/c18-13-5-2-6-14(8-13)28(25,26)22-10-11-3-1-4-12(7-11)15-9-16(24,27-23-15)17(19,20)21/h1-8,22,24H,9-10H2. The maximum atomic E-state index is 13.2. The second kappa shape index (κ2) is 7.15. The van der Waals surface area contributed by atoms with Crippen LogP contribution < -0.4 is 4.72 Å². The first-order chi connectivity index (χ1) is 13.0. The highest BCUT2D eigenvalue weighted by Crippen LogP contribution is 2.38. The van der Waals surface area contributed by atoms with Crippen LogP contribution in [0, 0.1) is 5.82 Å². The van der Waals surface area contributed by atoms with Gasteiger partial charge < -0.3 is 9.94 Å². The second-order valence-electron chi connectivity index (χ2n) is 6.07. The van der Waals surface area contributed by atoms with E-state index in [9.17, 15) is 31.1 Å². The van der Waals surface area contributed by atoms with Gasteiger partial charge in [0.1, 0.15) is 5.82 Å². The molecule has 6 nitrogen and oxygen atoms in total. The average Bonchev–Trinajstić information content (AvgIpc) is 3.04. The van der Waals surface area contributed by atoms with Crippen molar-refractivity contribution in [3.8, 4) is 0 Å². The molecule has 1 atom stereocenters. The molecular weight excluding hydrogens is 404 g/mol. The maximum Gasteiger partial charge on any atom is 0.458 e. The van der Waals surface area contributed by atoms with Crippen LogP contribution >= 0.6 is 0 Å². The van der Waals surface area contributed by atoms with E-state index in [4.69, 9.17) is 0 Å². The van der Waals surface area contributed by atoms with Gasteiger partial charge in [0.05, 0.1) is 17.0 Å². The first-order valence-electron chi connectivity index (χ1n) is 7.89. The molecule has 0 fully saturated rings. The van der Waals surface area contributed by atoms with Gasteiger partial charge in [-0.25, -0.2) is 17.5 Å². The molecule has 0 amide bonds. The van der Waals surface area contributed by atoms with Crippen LogP contribution in [-0.4, -0.2) is 31.2 Å². The van der Waals surface area contributed by atoms with Crippen molar-refractivity contribution in [3.05, 3.63) is 65.5 Å². The van der Waals surface area contributed by atoms with E-state index in [1.165, 1.54) is 30.3 Å². The lowest BCUT2D eigenvalue weighted by atomic mass is 10.0. The molecule has 1 aliphatic heterocycles. The summed E-state index contributed by atoms with van der Waals surface area (Å²) in [6, 6.07) is 10.4. The van der Waals surface area contributed by atoms with E-state index in [-0.39, 0.29) is 22.7 Å². The van der Waals surface area contributed by atoms with Gasteiger partial charge >= 0.3 is 12.0 Å². The minimum Gasteiger partial charge on any atom is -0.350 e. The van der Waals surface area contributed by atoms with Crippen molar-refractivity contribution in [2.24, 2.45) is 5.16 Å². The van der Waals surface area contributed by atoms with E-state index >= 15 is 0 Å². The number of alkyl halides is 3. The Bertz CT molecular complexity index is 1020. The summed E-state index contributed by atoms with van der Waals surface area (Å²) < 4.78 is 78.3. The van der Waals surface area contributed by atoms with Crippen LogP contribution in [0.4, 0.5) is 17.6 Å².